The second-order valence-corrected chi connectivity index (χ2v) is 7.78. The minimum Gasteiger partial charge on any atom is -1.00 e. The Morgan fingerprint density at radius 2 is 1.42 bits per heavy atom. The minimum atomic E-state index is 0. The first kappa shape index (κ1) is 26.7. The van der Waals surface area contributed by atoms with Crippen molar-refractivity contribution in [2.45, 2.75) is 34.6 Å². The van der Waals surface area contributed by atoms with Crippen molar-refractivity contribution in [2.75, 3.05) is 0 Å². The molecule has 0 saturated heterocycles. The van der Waals surface area contributed by atoms with E-state index in [1.807, 2.05) is 0 Å². The van der Waals surface area contributed by atoms with Crippen molar-refractivity contribution in [3.8, 4) is 5.69 Å². The quantitative estimate of drug-likeness (QED) is 0.311. The van der Waals surface area contributed by atoms with Crippen LogP contribution in [0.4, 0.5) is 0 Å². The molecule has 0 unspecified atom stereocenters. The fraction of sp³-hybridized carbons (Fsp3) is 0.185. The Labute approximate surface area is 202 Å². The summed E-state index contributed by atoms with van der Waals surface area (Å²) in [6.45, 7) is 10.8. The maximum absolute atomic E-state index is 2.33. The largest absolute Gasteiger partial charge is 4.00 e. The summed E-state index contributed by atoms with van der Waals surface area (Å²) in [7, 11) is 0. The van der Waals surface area contributed by atoms with Crippen molar-refractivity contribution in [1.29, 1.82) is 0 Å². The molecule has 1 nitrogen and oxygen atoms in total. The van der Waals surface area contributed by atoms with Crippen LogP contribution in [0.15, 0.2) is 72.8 Å². The topological polar surface area (TPSA) is 4.93 Å². The molecule has 4 aromatic carbocycles. The molecule has 0 fully saturated rings. The molecule has 0 amide bonds. The zero-order valence-corrected chi connectivity index (χ0v) is 21.1. The number of aromatic nitrogens is 1. The molecule has 5 rings (SSSR count). The molecule has 0 bridgehead atoms. The summed E-state index contributed by atoms with van der Waals surface area (Å²) in [4.78, 5) is 0. The average molecular weight is 495 g/mol. The van der Waals surface area contributed by atoms with Crippen LogP contribution in [0.5, 0.6) is 0 Å². The van der Waals surface area contributed by atoms with E-state index in [0.717, 1.165) is 0 Å². The van der Waals surface area contributed by atoms with Gasteiger partial charge < -0.3 is 14.0 Å². The molecule has 4 heteroatoms. The van der Waals surface area contributed by atoms with E-state index in [-0.39, 0.29) is 35.6 Å². The van der Waals surface area contributed by atoms with Gasteiger partial charge in [-0.25, -0.2) is 0 Å². The van der Waals surface area contributed by atoms with Gasteiger partial charge in [0.15, 0.2) is 0 Å². The summed E-state index contributed by atoms with van der Waals surface area (Å²) in [5, 5.41) is 3.90. The number of halogens is 2. The van der Waals surface area contributed by atoms with Gasteiger partial charge in [-0.15, -0.1) is 41.1 Å². The molecular weight excluding hydrogens is 468 g/mol. The van der Waals surface area contributed by atoms with Crippen molar-refractivity contribution in [3.05, 3.63) is 101 Å². The summed E-state index contributed by atoms with van der Waals surface area (Å²) in [6, 6.07) is 26.1. The van der Waals surface area contributed by atoms with E-state index >= 15 is 0 Å². The monoisotopic (exact) mass is 493 g/mol. The van der Waals surface area contributed by atoms with Gasteiger partial charge in [-0.1, -0.05) is 52.0 Å². The minimum absolute atomic E-state index is 0. The number of para-hydroxylation sites is 1. The normalized spacial score (nSPS) is 9.97. The molecule has 0 saturated carbocycles. The van der Waals surface area contributed by atoms with Crippen LogP contribution < -0.4 is 9.41 Å². The molecule has 0 N–H and O–H groups in total. The average Bonchev–Trinajstić information content (AvgIpc) is 3.32. The fourth-order valence-corrected chi connectivity index (χ4v) is 4.03. The number of hydrogen-bond donors (Lipinski definition) is 0. The Morgan fingerprint density at radius 1 is 0.806 bits per heavy atom. The van der Waals surface area contributed by atoms with Crippen LogP contribution in [0.2, 0.25) is 0 Å². The standard InChI is InChI=1S/C18H14N.C9H13.2FH.Zr/c1-13-10-16-8-4-5-9-18(16)19(13)17-11-14-6-2-3-7-15(14)12-17;1-6-5-7(2)9(4)8(6)3;;;/h2-12H,1H3;5H,1-4H3;2*1H;/q2*-1;;;+4/p-2. The third kappa shape index (κ3) is 5.13. The third-order valence-corrected chi connectivity index (χ3v) is 5.93. The van der Waals surface area contributed by atoms with E-state index in [1.54, 1.807) is 0 Å². The van der Waals surface area contributed by atoms with Crippen LogP contribution in [0.25, 0.3) is 27.4 Å². The maximum atomic E-state index is 2.33. The van der Waals surface area contributed by atoms with Crippen molar-refractivity contribution in [3.63, 3.8) is 0 Å². The summed E-state index contributed by atoms with van der Waals surface area (Å²) in [5.41, 5.74) is 9.54. The van der Waals surface area contributed by atoms with Crippen molar-refractivity contribution in [1.82, 2.24) is 4.57 Å². The van der Waals surface area contributed by atoms with Gasteiger partial charge in [0.2, 0.25) is 0 Å². The van der Waals surface area contributed by atoms with Gasteiger partial charge in [-0.05, 0) is 24.7 Å². The van der Waals surface area contributed by atoms with Crippen LogP contribution in [0, 0.1) is 34.6 Å². The van der Waals surface area contributed by atoms with Crippen molar-refractivity contribution in [2.24, 2.45) is 0 Å². The van der Waals surface area contributed by atoms with Gasteiger partial charge in [-0.2, -0.15) is 28.3 Å². The third-order valence-electron chi connectivity index (χ3n) is 5.93. The Balaban J connectivity index is 0.000000348. The molecule has 0 aliphatic heterocycles. The van der Waals surface area contributed by atoms with Gasteiger partial charge in [0.25, 0.3) is 0 Å². The number of fused-ring (bicyclic) bond motifs is 2. The van der Waals surface area contributed by atoms with Gasteiger partial charge in [0.05, 0.1) is 5.52 Å². The summed E-state index contributed by atoms with van der Waals surface area (Å²) in [6.07, 6.45) is 0. The predicted molar refractivity (Wildman–Crippen MR) is 122 cm³/mol. The van der Waals surface area contributed by atoms with Crippen LogP contribution in [-0.2, 0) is 26.2 Å². The van der Waals surface area contributed by atoms with Crippen molar-refractivity contribution >= 4 is 21.7 Å². The van der Waals surface area contributed by atoms with E-state index in [1.165, 1.54) is 55.3 Å². The Kier molecular flexibility index (Phi) is 9.32. The second kappa shape index (κ2) is 10.8. The van der Waals surface area contributed by atoms with E-state index in [0.29, 0.717) is 0 Å². The first-order chi connectivity index (χ1) is 13.5. The van der Waals surface area contributed by atoms with Crippen molar-refractivity contribution < 1.29 is 35.6 Å². The SMILES string of the molecule is Cc1c[c-](C)c(C)c1C.Cc1cc2ccccc2n1-c1cc2ccccc2[cH-]1.[F-].[F-].[Zr+4]. The molecule has 5 aromatic rings. The number of nitrogens with zero attached hydrogens (tertiary/aromatic N) is 1. The maximum Gasteiger partial charge on any atom is 4.00 e. The Morgan fingerprint density at radius 3 is 1.97 bits per heavy atom. The van der Waals surface area contributed by atoms with E-state index in [4.69, 9.17) is 0 Å². The van der Waals surface area contributed by atoms with Crippen LogP contribution in [-0.4, -0.2) is 4.57 Å². The molecule has 0 spiro atoms. The summed E-state index contributed by atoms with van der Waals surface area (Å²) in [5.74, 6) is 0. The zero-order chi connectivity index (χ0) is 19.8. The molecule has 31 heavy (non-hydrogen) atoms. The number of hydrogen-bond acceptors (Lipinski definition) is 0. The number of benzene rings is 2. The first-order valence-corrected chi connectivity index (χ1v) is 9.88. The predicted octanol–water partition coefficient (Wildman–Crippen LogP) is 1.46. The molecule has 158 valence electrons. The van der Waals surface area contributed by atoms with Gasteiger partial charge in [0, 0.05) is 11.1 Å². The van der Waals surface area contributed by atoms with E-state index in [9.17, 15) is 0 Å². The van der Waals surface area contributed by atoms with Gasteiger partial charge in [-0.3, -0.25) is 0 Å². The van der Waals surface area contributed by atoms with Crippen LogP contribution in [0.3, 0.4) is 0 Å². The van der Waals surface area contributed by atoms with E-state index in [2.05, 4.69) is 112 Å². The number of rotatable bonds is 1. The van der Waals surface area contributed by atoms with E-state index < -0.39 is 0 Å². The molecule has 0 aliphatic carbocycles. The molecule has 0 radical (unpaired) electrons. The smallest absolute Gasteiger partial charge is 1.00 e. The fourth-order valence-electron chi connectivity index (χ4n) is 4.03. The van der Waals surface area contributed by atoms with Crippen LogP contribution in [0.1, 0.15) is 27.9 Å². The second-order valence-electron chi connectivity index (χ2n) is 7.78. The Hall–Kier alpha value is -2.32. The molecule has 0 atom stereocenters. The first-order valence-electron chi connectivity index (χ1n) is 9.88. The number of aryl methyl sites for hydroxylation is 3. The molecule has 1 aromatic heterocycles. The Bertz CT molecular complexity index is 1220. The summed E-state index contributed by atoms with van der Waals surface area (Å²) >= 11 is 0. The zero-order valence-electron chi connectivity index (χ0n) is 18.6. The summed E-state index contributed by atoms with van der Waals surface area (Å²) < 4.78 is 2.33. The van der Waals surface area contributed by atoms with Gasteiger partial charge >= 0.3 is 26.2 Å². The molecular formula is C27H27F2NZr. The van der Waals surface area contributed by atoms with Crippen LogP contribution >= 0.6 is 0 Å². The van der Waals surface area contributed by atoms with Gasteiger partial charge in [0.1, 0.15) is 0 Å². The molecule has 1 heterocycles. The molecule has 0 aliphatic rings.